The summed E-state index contributed by atoms with van der Waals surface area (Å²) in [6.45, 7) is 2.27. The van der Waals surface area contributed by atoms with Crippen molar-refractivity contribution in [1.29, 1.82) is 0 Å². The lowest BCUT2D eigenvalue weighted by molar-refractivity contribution is -0.122. The number of anilines is 2. The number of carbonyl (C=O) groups excluding carboxylic acids is 2. The highest BCUT2D eigenvalue weighted by molar-refractivity contribution is 9.10. The number of amides is 2. The van der Waals surface area contributed by atoms with Gasteiger partial charge in [0.1, 0.15) is 0 Å². The molecule has 7 heteroatoms. The summed E-state index contributed by atoms with van der Waals surface area (Å²) in [7, 11) is 0. The molecule has 2 heterocycles. The van der Waals surface area contributed by atoms with Crippen molar-refractivity contribution in [1.82, 2.24) is 4.98 Å². The largest absolute Gasteiger partial charge is 0.312 e. The van der Waals surface area contributed by atoms with E-state index in [9.17, 15) is 9.59 Å². The Morgan fingerprint density at radius 1 is 1.50 bits per heavy atom. The quantitative estimate of drug-likeness (QED) is 0.890. The van der Waals surface area contributed by atoms with E-state index in [2.05, 4.69) is 26.2 Å². The normalized spacial score (nSPS) is 17.8. The molecule has 0 radical (unpaired) electrons. The lowest BCUT2D eigenvalue weighted by Gasteiger charge is -2.16. The lowest BCUT2D eigenvalue weighted by Crippen LogP contribution is -2.28. The predicted octanol–water partition coefficient (Wildman–Crippen LogP) is 3.21. The van der Waals surface area contributed by atoms with Gasteiger partial charge in [-0.15, -0.1) is 11.3 Å². The number of halogens is 1. The van der Waals surface area contributed by atoms with Crippen LogP contribution in [0.4, 0.5) is 10.8 Å². The van der Waals surface area contributed by atoms with Gasteiger partial charge in [0.25, 0.3) is 0 Å². The van der Waals surface area contributed by atoms with Crippen LogP contribution in [0.5, 0.6) is 0 Å². The van der Waals surface area contributed by atoms with E-state index in [0.29, 0.717) is 11.7 Å². The van der Waals surface area contributed by atoms with Crippen LogP contribution in [0, 0.1) is 12.8 Å². The predicted molar refractivity (Wildman–Crippen MR) is 90.1 cm³/mol. The summed E-state index contributed by atoms with van der Waals surface area (Å²) in [6.07, 6.45) is 0.225. The number of hydrogen-bond donors (Lipinski definition) is 1. The Labute approximate surface area is 140 Å². The zero-order valence-electron chi connectivity index (χ0n) is 11.9. The van der Waals surface area contributed by atoms with Gasteiger partial charge >= 0.3 is 0 Å². The van der Waals surface area contributed by atoms with Crippen LogP contribution >= 0.6 is 27.3 Å². The first-order chi connectivity index (χ1) is 10.5. The van der Waals surface area contributed by atoms with Gasteiger partial charge in [0.2, 0.25) is 11.8 Å². The Kier molecular flexibility index (Phi) is 4.26. The van der Waals surface area contributed by atoms with E-state index in [1.807, 2.05) is 36.6 Å². The van der Waals surface area contributed by atoms with Crippen molar-refractivity contribution < 1.29 is 9.59 Å². The van der Waals surface area contributed by atoms with Crippen LogP contribution in [0.2, 0.25) is 0 Å². The number of nitrogens with one attached hydrogen (secondary N) is 1. The summed E-state index contributed by atoms with van der Waals surface area (Å²) in [5.41, 5.74) is 1.68. The number of benzene rings is 1. The van der Waals surface area contributed by atoms with Gasteiger partial charge in [0.15, 0.2) is 5.13 Å². The average Bonchev–Trinajstić information content (AvgIpc) is 3.05. The monoisotopic (exact) mass is 379 g/mol. The molecule has 1 atom stereocenters. The Morgan fingerprint density at radius 3 is 3.00 bits per heavy atom. The topological polar surface area (TPSA) is 62.3 Å². The van der Waals surface area contributed by atoms with E-state index in [1.165, 1.54) is 11.3 Å². The smallest absolute Gasteiger partial charge is 0.231 e. The highest BCUT2D eigenvalue weighted by Gasteiger charge is 2.35. The van der Waals surface area contributed by atoms with Crippen LogP contribution in [0.3, 0.4) is 0 Å². The first-order valence-corrected chi connectivity index (χ1v) is 8.49. The molecule has 2 amide bonds. The molecule has 1 aromatic heterocycles. The Hall–Kier alpha value is -1.73. The number of nitrogens with zero attached hydrogens (tertiary/aromatic N) is 2. The summed E-state index contributed by atoms with van der Waals surface area (Å²) in [5.74, 6) is -0.538. The van der Waals surface area contributed by atoms with Gasteiger partial charge in [-0.2, -0.15) is 0 Å². The van der Waals surface area contributed by atoms with Gasteiger partial charge in [0, 0.05) is 28.5 Å². The number of aryl methyl sites for hydroxylation is 1. The molecule has 0 saturated carbocycles. The number of hydrogen-bond acceptors (Lipinski definition) is 4. The van der Waals surface area contributed by atoms with Gasteiger partial charge in [-0.25, -0.2) is 4.98 Å². The second kappa shape index (κ2) is 6.18. The molecule has 5 nitrogen and oxygen atoms in total. The third kappa shape index (κ3) is 3.20. The van der Waals surface area contributed by atoms with Crippen LogP contribution in [0.25, 0.3) is 0 Å². The molecule has 0 aliphatic carbocycles. The van der Waals surface area contributed by atoms with Crippen molar-refractivity contribution in [3.63, 3.8) is 0 Å². The number of carbonyl (C=O) groups is 2. The minimum absolute atomic E-state index is 0.0337. The molecule has 114 valence electrons. The molecular formula is C15H14BrN3O2S. The summed E-state index contributed by atoms with van der Waals surface area (Å²) >= 11 is 4.78. The van der Waals surface area contributed by atoms with Gasteiger partial charge in [-0.3, -0.25) is 9.59 Å². The van der Waals surface area contributed by atoms with Gasteiger partial charge in [0.05, 0.1) is 11.6 Å². The van der Waals surface area contributed by atoms with E-state index >= 15 is 0 Å². The molecule has 2 aromatic rings. The van der Waals surface area contributed by atoms with Crippen molar-refractivity contribution in [2.24, 2.45) is 5.92 Å². The molecule has 0 spiro atoms. The molecule has 1 N–H and O–H groups in total. The highest BCUT2D eigenvalue weighted by Crippen LogP contribution is 2.28. The lowest BCUT2D eigenvalue weighted by atomic mass is 10.1. The standard InChI is InChI=1S/C15H14BrN3O2S/c1-9-8-22-15(17-9)18-14(21)10-5-13(20)19(7-10)12-4-2-3-11(16)6-12/h2-4,6,8,10H,5,7H2,1H3,(H,17,18,21). The molecule has 1 aromatic carbocycles. The average molecular weight is 380 g/mol. The van der Waals surface area contributed by atoms with Crippen molar-refractivity contribution in [3.8, 4) is 0 Å². The molecular weight excluding hydrogens is 366 g/mol. The first kappa shape index (κ1) is 15.2. The third-order valence-electron chi connectivity index (χ3n) is 3.46. The minimum atomic E-state index is -0.351. The maximum atomic E-state index is 12.3. The fourth-order valence-corrected chi connectivity index (χ4v) is 3.47. The van der Waals surface area contributed by atoms with Crippen LogP contribution < -0.4 is 10.2 Å². The van der Waals surface area contributed by atoms with Crippen molar-refractivity contribution >= 4 is 49.9 Å². The van der Waals surface area contributed by atoms with Gasteiger partial charge < -0.3 is 10.2 Å². The van der Waals surface area contributed by atoms with E-state index < -0.39 is 0 Å². The highest BCUT2D eigenvalue weighted by atomic mass is 79.9. The molecule has 1 unspecified atom stereocenters. The molecule has 0 bridgehead atoms. The van der Waals surface area contributed by atoms with Crippen LogP contribution in [-0.4, -0.2) is 23.3 Å². The zero-order chi connectivity index (χ0) is 15.7. The van der Waals surface area contributed by atoms with E-state index in [-0.39, 0.29) is 24.2 Å². The second-order valence-electron chi connectivity index (χ2n) is 5.17. The molecule has 22 heavy (non-hydrogen) atoms. The summed E-state index contributed by atoms with van der Waals surface area (Å²) < 4.78 is 0.906. The molecule has 1 fully saturated rings. The summed E-state index contributed by atoms with van der Waals surface area (Å²) in [4.78, 5) is 30.3. The number of aromatic nitrogens is 1. The van der Waals surface area contributed by atoms with Gasteiger partial charge in [-0.05, 0) is 25.1 Å². The van der Waals surface area contributed by atoms with Crippen molar-refractivity contribution in [2.75, 3.05) is 16.8 Å². The van der Waals surface area contributed by atoms with Gasteiger partial charge in [-0.1, -0.05) is 22.0 Å². The first-order valence-electron chi connectivity index (χ1n) is 6.82. The second-order valence-corrected chi connectivity index (χ2v) is 6.94. The number of thiazole rings is 1. The van der Waals surface area contributed by atoms with Crippen molar-refractivity contribution in [2.45, 2.75) is 13.3 Å². The van der Waals surface area contributed by atoms with E-state index in [0.717, 1.165) is 15.9 Å². The fraction of sp³-hybridized carbons (Fsp3) is 0.267. The minimum Gasteiger partial charge on any atom is -0.312 e. The maximum Gasteiger partial charge on any atom is 0.231 e. The summed E-state index contributed by atoms with van der Waals surface area (Å²) in [5, 5.41) is 5.25. The molecule has 1 aliphatic rings. The Bertz CT molecular complexity index is 731. The maximum absolute atomic E-state index is 12.3. The zero-order valence-corrected chi connectivity index (χ0v) is 14.3. The van der Waals surface area contributed by atoms with Crippen LogP contribution in [0.1, 0.15) is 12.1 Å². The van der Waals surface area contributed by atoms with Crippen molar-refractivity contribution in [3.05, 3.63) is 39.8 Å². The fourth-order valence-electron chi connectivity index (χ4n) is 2.40. The summed E-state index contributed by atoms with van der Waals surface area (Å²) in [6, 6.07) is 7.52. The van der Waals surface area contributed by atoms with Crippen LogP contribution in [0.15, 0.2) is 34.1 Å². The molecule has 3 rings (SSSR count). The van der Waals surface area contributed by atoms with E-state index in [4.69, 9.17) is 0 Å². The number of rotatable bonds is 3. The Morgan fingerprint density at radius 2 is 2.32 bits per heavy atom. The molecule has 1 saturated heterocycles. The molecule has 1 aliphatic heterocycles. The third-order valence-corrected chi connectivity index (χ3v) is 4.83. The SMILES string of the molecule is Cc1csc(NC(=O)C2CC(=O)N(c3cccc(Br)c3)C2)n1. The van der Waals surface area contributed by atoms with E-state index in [1.54, 1.807) is 4.90 Å². The van der Waals surface area contributed by atoms with Crippen LogP contribution in [-0.2, 0) is 9.59 Å². The Balaban J connectivity index is 1.70.